The first-order valence-electron chi connectivity index (χ1n) is 7.13. The fourth-order valence-corrected chi connectivity index (χ4v) is 2.86. The first kappa shape index (κ1) is 16.3. The second-order valence-corrected chi connectivity index (χ2v) is 5.64. The van der Waals surface area contributed by atoms with E-state index in [1.807, 2.05) is 5.38 Å². The summed E-state index contributed by atoms with van der Waals surface area (Å²) in [5, 5.41) is 5.21. The van der Waals surface area contributed by atoms with E-state index in [9.17, 15) is 13.6 Å². The van der Waals surface area contributed by atoms with Gasteiger partial charge >= 0.3 is 6.61 Å². The maximum absolute atomic E-state index is 12.5. The predicted octanol–water partition coefficient (Wildman–Crippen LogP) is 3.86. The number of halogens is 2. The molecule has 0 spiro atoms. The Balaban J connectivity index is 1.78. The molecule has 124 valence electrons. The molecular formula is C16H13F2N3O2S. The van der Waals surface area contributed by atoms with Gasteiger partial charge in [0.15, 0.2) is 5.75 Å². The number of benzene rings is 1. The van der Waals surface area contributed by atoms with Crippen LogP contribution in [0, 0.1) is 0 Å². The van der Waals surface area contributed by atoms with Crippen molar-refractivity contribution in [2.75, 3.05) is 5.32 Å². The number of carbonyl (C=O) groups excluding carboxylic acids is 1. The zero-order valence-electron chi connectivity index (χ0n) is 12.4. The maximum Gasteiger partial charge on any atom is 0.387 e. The molecule has 1 aromatic carbocycles. The number of amides is 1. The number of pyridine rings is 1. The number of carbonyl (C=O) groups is 1. The third-order valence-electron chi connectivity index (χ3n) is 3.31. The van der Waals surface area contributed by atoms with Gasteiger partial charge in [0.25, 0.3) is 0 Å². The van der Waals surface area contributed by atoms with Crippen molar-refractivity contribution in [3.63, 3.8) is 0 Å². The van der Waals surface area contributed by atoms with Crippen molar-refractivity contribution in [1.29, 1.82) is 0 Å². The smallest absolute Gasteiger partial charge is 0.387 e. The molecule has 0 aliphatic heterocycles. The largest absolute Gasteiger partial charge is 0.432 e. The molecule has 24 heavy (non-hydrogen) atoms. The number of ether oxygens (including phenoxy) is 1. The molecule has 0 saturated carbocycles. The van der Waals surface area contributed by atoms with E-state index in [4.69, 9.17) is 0 Å². The highest BCUT2D eigenvalue weighted by atomic mass is 32.1. The number of hydrogen-bond donors (Lipinski definition) is 1. The van der Waals surface area contributed by atoms with E-state index >= 15 is 0 Å². The van der Waals surface area contributed by atoms with E-state index in [1.54, 1.807) is 17.6 Å². The first-order valence-corrected chi connectivity index (χ1v) is 8.07. The number of nitrogens with one attached hydrogen (secondary N) is 1. The zero-order chi connectivity index (χ0) is 16.9. The van der Waals surface area contributed by atoms with Crippen LogP contribution in [0.1, 0.15) is 12.1 Å². The molecule has 3 rings (SSSR count). The summed E-state index contributed by atoms with van der Waals surface area (Å²) in [7, 11) is 0. The fourth-order valence-electron chi connectivity index (χ4n) is 2.26. The number of fused-ring (bicyclic) bond motifs is 1. The monoisotopic (exact) mass is 349 g/mol. The molecular weight excluding hydrogens is 336 g/mol. The molecule has 0 bridgehead atoms. The normalized spacial score (nSPS) is 11.0. The van der Waals surface area contributed by atoms with Crippen molar-refractivity contribution in [2.45, 2.75) is 19.5 Å². The van der Waals surface area contributed by atoms with Gasteiger partial charge in [-0.05, 0) is 30.7 Å². The highest BCUT2D eigenvalue weighted by molar-refractivity contribution is 7.07. The number of rotatable bonds is 6. The number of anilines is 1. The van der Waals surface area contributed by atoms with E-state index in [1.165, 1.54) is 29.7 Å². The van der Waals surface area contributed by atoms with E-state index in [-0.39, 0.29) is 23.6 Å². The molecule has 1 amide bonds. The molecule has 2 aromatic heterocycles. The van der Waals surface area contributed by atoms with Crippen molar-refractivity contribution in [3.8, 4) is 5.75 Å². The third kappa shape index (κ3) is 3.83. The number of thiazole rings is 1. The van der Waals surface area contributed by atoms with Crippen molar-refractivity contribution < 1.29 is 18.3 Å². The van der Waals surface area contributed by atoms with Crippen LogP contribution < -0.4 is 10.1 Å². The molecule has 1 N–H and O–H groups in total. The Morgan fingerprint density at radius 1 is 1.29 bits per heavy atom. The molecule has 3 aromatic rings. The lowest BCUT2D eigenvalue weighted by Crippen LogP contribution is -2.13. The van der Waals surface area contributed by atoms with Gasteiger partial charge in [0.05, 0.1) is 16.9 Å². The van der Waals surface area contributed by atoms with Crippen molar-refractivity contribution >= 4 is 33.8 Å². The van der Waals surface area contributed by atoms with Gasteiger partial charge in [0.1, 0.15) is 5.52 Å². The molecule has 5 nitrogen and oxygen atoms in total. The third-order valence-corrected chi connectivity index (χ3v) is 3.95. The average Bonchev–Trinajstić information content (AvgIpc) is 3.08. The zero-order valence-corrected chi connectivity index (χ0v) is 13.2. The molecule has 8 heteroatoms. The van der Waals surface area contributed by atoms with Crippen molar-refractivity contribution in [3.05, 3.63) is 47.0 Å². The highest BCUT2D eigenvalue weighted by Crippen LogP contribution is 2.31. The van der Waals surface area contributed by atoms with Crippen LogP contribution in [-0.4, -0.2) is 22.5 Å². The number of hydrogen-bond acceptors (Lipinski definition) is 5. The van der Waals surface area contributed by atoms with Crippen LogP contribution >= 0.6 is 11.3 Å². The second-order valence-electron chi connectivity index (χ2n) is 4.92. The van der Waals surface area contributed by atoms with E-state index < -0.39 is 6.61 Å². The van der Waals surface area contributed by atoms with Crippen LogP contribution in [0.4, 0.5) is 14.5 Å². The Labute approximate surface area is 140 Å². The summed E-state index contributed by atoms with van der Waals surface area (Å²) in [5.41, 5.74) is 3.36. The molecule has 0 aliphatic carbocycles. The Bertz CT molecular complexity index is 840. The Morgan fingerprint density at radius 3 is 2.92 bits per heavy atom. The van der Waals surface area contributed by atoms with Gasteiger partial charge in [0.2, 0.25) is 5.91 Å². The lowest BCUT2D eigenvalue weighted by atomic mass is 10.1. The average molecular weight is 349 g/mol. The van der Waals surface area contributed by atoms with Crippen LogP contribution in [0.15, 0.2) is 41.4 Å². The quantitative estimate of drug-likeness (QED) is 0.734. The predicted molar refractivity (Wildman–Crippen MR) is 87.4 cm³/mol. The molecule has 0 aliphatic rings. The van der Waals surface area contributed by atoms with Gasteiger partial charge < -0.3 is 10.1 Å². The highest BCUT2D eigenvalue weighted by Gasteiger charge is 2.13. The van der Waals surface area contributed by atoms with Crippen molar-refractivity contribution in [2.24, 2.45) is 0 Å². The van der Waals surface area contributed by atoms with Gasteiger partial charge in [-0.15, -0.1) is 11.3 Å². The second kappa shape index (κ2) is 7.31. The topological polar surface area (TPSA) is 64.1 Å². The van der Waals surface area contributed by atoms with Crippen LogP contribution in [0.3, 0.4) is 0 Å². The van der Waals surface area contributed by atoms with Crippen LogP contribution in [-0.2, 0) is 11.2 Å². The molecule has 0 fully saturated rings. The summed E-state index contributed by atoms with van der Waals surface area (Å²) in [6, 6.07) is 6.26. The lowest BCUT2D eigenvalue weighted by Gasteiger charge is -2.12. The number of aryl methyl sites for hydroxylation is 1. The van der Waals surface area contributed by atoms with Gasteiger partial charge in [-0.2, -0.15) is 8.78 Å². The van der Waals surface area contributed by atoms with E-state index in [2.05, 4.69) is 20.0 Å². The number of aromatic nitrogens is 2. The molecule has 0 atom stereocenters. The van der Waals surface area contributed by atoms with Gasteiger partial charge in [0, 0.05) is 23.4 Å². The summed E-state index contributed by atoms with van der Waals surface area (Å²) >= 11 is 1.48. The Kier molecular flexibility index (Phi) is 4.95. The van der Waals surface area contributed by atoms with E-state index in [0.29, 0.717) is 17.5 Å². The minimum absolute atomic E-state index is 0.0268. The van der Waals surface area contributed by atoms with Crippen molar-refractivity contribution in [1.82, 2.24) is 9.97 Å². The Morgan fingerprint density at radius 2 is 2.17 bits per heavy atom. The first-order chi connectivity index (χ1) is 11.6. The lowest BCUT2D eigenvalue weighted by molar-refractivity contribution is -0.116. The number of nitrogens with zero attached hydrogens (tertiary/aromatic N) is 2. The van der Waals surface area contributed by atoms with Crippen LogP contribution in [0.5, 0.6) is 5.75 Å². The van der Waals surface area contributed by atoms with Crippen LogP contribution in [0.2, 0.25) is 0 Å². The fraction of sp³-hybridized carbons (Fsp3) is 0.188. The SMILES string of the molecule is O=C(CCc1cscn1)Nc1ccc(OC(F)F)c2ncccc12. The van der Waals surface area contributed by atoms with Gasteiger partial charge in [-0.3, -0.25) is 9.78 Å². The van der Waals surface area contributed by atoms with E-state index in [0.717, 1.165) is 5.69 Å². The maximum atomic E-state index is 12.5. The summed E-state index contributed by atoms with van der Waals surface area (Å²) in [4.78, 5) is 20.3. The molecule has 2 heterocycles. The van der Waals surface area contributed by atoms with Crippen LogP contribution in [0.25, 0.3) is 10.9 Å². The summed E-state index contributed by atoms with van der Waals surface area (Å²) in [6.07, 6.45) is 2.30. The minimum Gasteiger partial charge on any atom is -0.432 e. The number of alkyl halides is 2. The summed E-state index contributed by atoms with van der Waals surface area (Å²) in [6.45, 7) is -2.94. The molecule has 0 radical (unpaired) electrons. The van der Waals surface area contributed by atoms with Gasteiger partial charge in [-0.25, -0.2) is 4.98 Å². The summed E-state index contributed by atoms with van der Waals surface area (Å²) in [5.74, 6) is -0.211. The standard InChI is InChI=1S/C16H13F2N3O2S/c17-16(18)23-13-5-4-12(11-2-1-7-19-15(11)13)21-14(22)6-3-10-8-24-9-20-10/h1-2,4-5,7-9,16H,3,6H2,(H,21,22). The Hall–Kier alpha value is -2.61. The molecule has 0 saturated heterocycles. The molecule has 0 unspecified atom stereocenters. The minimum atomic E-state index is -2.94. The van der Waals surface area contributed by atoms with Gasteiger partial charge in [-0.1, -0.05) is 0 Å². The summed E-state index contributed by atoms with van der Waals surface area (Å²) < 4.78 is 29.4.